The SMILES string of the molecule is CCCCc1ccc([C@H](C)CO)s1. The van der Waals surface area contributed by atoms with E-state index in [0.29, 0.717) is 5.92 Å². The van der Waals surface area contributed by atoms with Gasteiger partial charge in [-0.05, 0) is 25.0 Å². The number of aliphatic hydroxyl groups is 1. The van der Waals surface area contributed by atoms with Gasteiger partial charge in [-0.2, -0.15) is 0 Å². The Morgan fingerprint density at radius 3 is 2.85 bits per heavy atom. The number of rotatable bonds is 5. The number of aryl methyl sites for hydroxylation is 1. The molecule has 1 aromatic heterocycles. The van der Waals surface area contributed by atoms with Crippen LogP contribution in [0.5, 0.6) is 0 Å². The smallest absolute Gasteiger partial charge is 0.0504 e. The fourth-order valence-corrected chi connectivity index (χ4v) is 2.33. The van der Waals surface area contributed by atoms with Gasteiger partial charge in [-0.25, -0.2) is 0 Å². The predicted octanol–water partition coefficient (Wildman–Crippen LogP) is 3.19. The maximum Gasteiger partial charge on any atom is 0.0504 e. The first-order valence-electron chi connectivity index (χ1n) is 4.97. The van der Waals surface area contributed by atoms with Gasteiger partial charge in [-0.3, -0.25) is 0 Å². The van der Waals surface area contributed by atoms with Gasteiger partial charge in [-0.1, -0.05) is 20.3 Å². The largest absolute Gasteiger partial charge is 0.396 e. The monoisotopic (exact) mass is 198 g/mol. The minimum atomic E-state index is 0.258. The van der Waals surface area contributed by atoms with Gasteiger partial charge in [-0.15, -0.1) is 11.3 Å². The molecule has 0 aliphatic carbocycles. The third-order valence-electron chi connectivity index (χ3n) is 2.22. The molecule has 0 aliphatic rings. The van der Waals surface area contributed by atoms with Crippen molar-refractivity contribution >= 4 is 11.3 Å². The van der Waals surface area contributed by atoms with E-state index in [2.05, 4.69) is 26.0 Å². The Kier molecular flexibility index (Phi) is 4.46. The maximum absolute atomic E-state index is 8.98. The Morgan fingerprint density at radius 2 is 2.23 bits per heavy atom. The molecule has 1 N–H and O–H groups in total. The molecule has 0 spiro atoms. The maximum atomic E-state index is 8.98. The second kappa shape index (κ2) is 5.40. The van der Waals surface area contributed by atoms with E-state index < -0.39 is 0 Å². The molecular formula is C11H18OS. The van der Waals surface area contributed by atoms with E-state index in [-0.39, 0.29) is 6.61 Å². The quantitative estimate of drug-likeness (QED) is 0.770. The molecule has 0 fully saturated rings. The third kappa shape index (κ3) is 3.12. The summed E-state index contributed by atoms with van der Waals surface area (Å²) in [5.41, 5.74) is 0. The summed E-state index contributed by atoms with van der Waals surface area (Å²) in [6.45, 7) is 4.54. The highest BCUT2D eigenvalue weighted by Crippen LogP contribution is 2.25. The first-order valence-corrected chi connectivity index (χ1v) is 5.79. The van der Waals surface area contributed by atoms with Gasteiger partial charge in [0.25, 0.3) is 0 Å². The molecule has 1 aromatic rings. The molecule has 0 radical (unpaired) electrons. The summed E-state index contributed by atoms with van der Waals surface area (Å²) in [6, 6.07) is 4.35. The minimum Gasteiger partial charge on any atom is -0.396 e. The predicted molar refractivity (Wildman–Crippen MR) is 58.4 cm³/mol. The molecule has 1 rings (SSSR count). The molecular weight excluding hydrogens is 180 g/mol. The van der Waals surface area contributed by atoms with Gasteiger partial charge in [0, 0.05) is 15.7 Å². The van der Waals surface area contributed by atoms with Gasteiger partial charge in [0.2, 0.25) is 0 Å². The summed E-state index contributed by atoms with van der Waals surface area (Å²) < 4.78 is 0. The van der Waals surface area contributed by atoms with Crippen LogP contribution in [0.3, 0.4) is 0 Å². The highest BCUT2D eigenvalue weighted by molar-refractivity contribution is 7.12. The Labute approximate surface area is 84.4 Å². The molecule has 74 valence electrons. The minimum absolute atomic E-state index is 0.258. The second-order valence-corrected chi connectivity index (χ2v) is 4.69. The van der Waals surface area contributed by atoms with Crippen LogP contribution >= 0.6 is 11.3 Å². The lowest BCUT2D eigenvalue weighted by Crippen LogP contribution is -1.94. The number of aliphatic hydroxyl groups excluding tert-OH is 1. The Hall–Kier alpha value is -0.340. The van der Waals surface area contributed by atoms with Crippen LogP contribution in [-0.4, -0.2) is 11.7 Å². The summed E-state index contributed by atoms with van der Waals surface area (Å²) in [6.07, 6.45) is 3.72. The molecule has 1 nitrogen and oxygen atoms in total. The second-order valence-electron chi connectivity index (χ2n) is 3.49. The molecule has 0 aromatic carbocycles. The standard InChI is InChI=1S/C11H18OS/c1-3-4-5-10-6-7-11(13-10)9(2)8-12/h6-7,9,12H,3-5,8H2,1-2H3/t9-/m1/s1. The zero-order valence-electron chi connectivity index (χ0n) is 8.42. The topological polar surface area (TPSA) is 20.2 Å². The Bertz CT molecular complexity index is 242. The van der Waals surface area contributed by atoms with E-state index in [1.54, 1.807) is 0 Å². The van der Waals surface area contributed by atoms with Gasteiger partial charge in [0.1, 0.15) is 0 Å². The summed E-state index contributed by atoms with van der Waals surface area (Å²) in [5, 5.41) is 8.98. The molecule has 2 heteroatoms. The number of hydrogen-bond acceptors (Lipinski definition) is 2. The summed E-state index contributed by atoms with van der Waals surface area (Å²) in [4.78, 5) is 2.77. The van der Waals surface area contributed by atoms with Gasteiger partial charge in [0.15, 0.2) is 0 Å². The normalized spacial score (nSPS) is 13.2. The highest BCUT2D eigenvalue weighted by Gasteiger charge is 2.06. The molecule has 0 unspecified atom stereocenters. The van der Waals surface area contributed by atoms with E-state index in [0.717, 1.165) is 0 Å². The van der Waals surface area contributed by atoms with Crippen molar-refractivity contribution in [3.8, 4) is 0 Å². The number of unbranched alkanes of at least 4 members (excludes halogenated alkanes) is 1. The van der Waals surface area contributed by atoms with E-state index in [4.69, 9.17) is 5.11 Å². The van der Waals surface area contributed by atoms with E-state index >= 15 is 0 Å². The van der Waals surface area contributed by atoms with Gasteiger partial charge in [0.05, 0.1) is 6.61 Å². The van der Waals surface area contributed by atoms with Crippen molar-refractivity contribution in [2.45, 2.75) is 39.0 Å². The van der Waals surface area contributed by atoms with Crippen LogP contribution in [0.1, 0.15) is 42.4 Å². The van der Waals surface area contributed by atoms with Crippen molar-refractivity contribution in [2.75, 3.05) is 6.61 Å². The van der Waals surface area contributed by atoms with Crippen molar-refractivity contribution in [2.24, 2.45) is 0 Å². The van der Waals surface area contributed by atoms with Gasteiger partial charge < -0.3 is 5.11 Å². The Balaban J connectivity index is 2.53. The zero-order valence-corrected chi connectivity index (χ0v) is 9.23. The summed E-state index contributed by atoms with van der Waals surface area (Å²) in [5.74, 6) is 0.306. The summed E-state index contributed by atoms with van der Waals surface area (Å²) >= 11 is 1.85. The molecule has 13 heavy (non-hydrogen) atoms. The molecule has 0 saturated carbocycles. The average molecular weight is 198 g/mol. The van der Waals surface area contributed by atoms with E-state index in [9.17, 15) is 0 Å². The van der Waals surface area contributed by atoms with Crippen molar-refractivity contribution < 1.29 is 5.11 Å². The van der Waals surface area contributed by atoms with Crippen LogP contribution in [0.25, 0.3) is 0 Å². The lowest BCUT2D eigenvalue weighted by molar-refractivity contribution is 0.274. The number of hydrogen-bond donors (Lipinski definition) is 1. The van der Waals surface area contributed by atoms with Crippen LogP contribution in [-0.2, 0) is 6.42 Å². The fourth-order valence-electron chi connectivity index (χ4n) is 1.23. The third-order valence-corrected chi connectivity index (χ3v) is 3.60. The molecule has 0 aliphatic heterocycles. The van der Waals surface area contributed by atoms with Crippen molar-refractivity contribution in [1.29, 1.82) is 0 Å². The fraction of sp³-hybridized carbons (Fsp3) is 0.636. The van der Waals surface area contributed by atoms with E-state index in [1.165, 1.54) is 29.0 Å². The van der Waals surface area contributed by atoms with Crippen LogP contribution < -0.4 is 0 Å². The first kappa shape index (κ1) is 10.7. The molecule has 0 amide bonds. The van der Waals surface area contributed by atoms with Crippen LogP contribution in [0.4, 0.5) is 0 Å². The zero-order chi connectivity index (χ0) is 9.68. The number of thiophene rings is 1. The van der Waals surface area contributed by atoms with Crippen LogP contribution in [0, 0.1) is 0 Å². The molecule has 1 atom stereocenters. The average Bonchev–Trinajstić information content (AvgIpc) is 2.62. The summed E-state index contributed by atoms with van der Waals surface area (Å²) in [7, 11) is 0. The lowest BCUT2D eigenvalue weighted by Gasteiger charge is -2.02. The molecule has 0 saturated heterocycles. The first-order chi connectivity index (χ1) is 6.27. The lowest BCUT2D eigenvalue weighted by atomic mass is 10.1. The van der Waals surface area contributed by atoms with Crippen LogP contribution in [0.2, 0.25) is 0 Å². The Morgan fingerprint density at radius 1 is 1.46 bits per heavy atom. The van der Waals surface area contributed by atoms with Crippen LogP contribution in [0.15, 0.2) is 12.1 Å². The van der Waals surface area contributed by atoms with E-state index in [1.807, 2.05) is 11.3 Å². The van der Waals surface area contributed by atoms with Crippen molar-refractivity contribution in [1.82, 2.24) is 0 Å². The van der Waals surface area contributed by atoms with Crippen molar-refractivity contribution in [3.05, 3.63) is 21.9 Å². The molecule has 0 bridgehead atoms. The van der Waals surface area contributed by atoms with Gasteiger partial charge >= 0.3 is 0 Å². The van der Waals surface area contributed by atoms with Crippen molar-refractivity contribution in [3.63, 3.8) is 0 Å². The molecule has 1 heterocycles. The highest BCUT2D eigenvalue weighted by atomic mass is 32.1.